The average Bonchev–Trinajstić information content (AvgIpc) is 3.70. The van der Waals surface area contributed by atoms with Crippen LogP contribution in [0.15, 0.2) is 24.3 Å². The Morgan fingerprint density at radius 3 is 1.93 bits per heavy atom. The van der Waals surface area contributed by atoms with E-state index in [1.165, 1.54) is 0 Å². The minimum atomic E-state index is -0.941. The molecule has 0 spiro atoms. The van der Waals surface area contributed by atoms with Crippen molar-refractivity contribution in [2.24, 2.45) is 11.8 Å². The Morgan fingerprint density at radius 2 is 1.33 bits per heavy atom. The van der Waals surface area contributed by atoms with Gasteiger partial charge < -0.3 is 56.8 Å². The van der Waals surface area contributed by atoms with Crippen molar-refractivity contribution < 1.29 is 61.6 Å². The number of esters is 1. The minimum Gasteiger partial charge on any atom is -0.493 e. The first-order valence-electron chi connectivity index (χ1n) is 18.8. The lowest BCUT2D eigenvalue weighted by Gasteiger charge is -2.52. The van der Waals surface area contributed by atoms with Crippen LogP contribution in [-0.2, 0) is 38.0 Å². The summed E-state index contributed by atoms with van der Waals surface area (Å²) in [5, 5.41) is 0. The second kappa shape index (κ2) is 14.3. The van der Waals surface area contributed by atoms with Gasteiger partial charge >= 0.3 is 5.97 Å². The van der Waals surface area contributed by atoms with E-state index in [2.05, 4.69) is 0 Å². The van der Waals surface area contributed by atoms with Gasteiger partial charge in [-0.25, -0.2) is 0 Å². The summed E-state index contributed by atoms with van der Waals surface area (Å²) in [6, 6.07) is 7.70. The van der Waals surface area contributed by atoms with Crippen LogP contribution < -0.4 is 23.7 Å². The fourth-order valence-corrected chi connectivity index (χ4v) is 8.17. The molecule has 3 fully saturated rings. The summed E-state index contributed by atoms with van der Waals surface area (Å²) >= 11 is 0. The van der Waals surface area contributed by atoms with Crippen LogP contribution in [0.1, 0.15) is 97.9 Å². The predicted molar refractivity (Wildman–Crippen MR) is 194 cm³/mol. The fraction of sp³-hybridized carbons (Fsp3) is 0.683. The Labute approximate surface area is 318 Å². The lowest BCUT2D eigenvalue weighted by molar-refractivity contribution is -0.386. The van der Waals surface area contributed by atoms with Crippen LogP contribution in [-0.4, -0.2) is 94.0 Å². The minimum absolute atomic E-state index is 0.0738. The SMILES string of the molecule is COc1cc([C@@H]2c3cc4c(cc3[C@@H](OC3O[C@@H]5CO[C@@H](C)O[C@H]5[C@H](OC(C)(C)C)[C@H]3OC(C)(C)C)C3COC(=O)[C@@H]32)OCO4)cc(OC)c1OC(C)(C)C. The molecule has 0 saturated carbocycles. The molecule has 3 saturated heterocycles. The van der Waals surface area contributed by atoms with Gasteiger partial charge in [0, 0.05) is 11.8 Å². The number of methoxy groups -OCH3 is 2. The topological polar surface area (TPSA) is 128 Å². The number of hydrogen-bond acceptors (Lipinski definition) is 13. The third-order valence-electron chi connectivity index (χ3n) is 10.1. The number of benzene rings is 2. The average molecular weight is 757 g/mol. The molecule has 2 unspecified atom stereocenters. The van der Waals surface area contributed by atoms with Gasteiger partial charge in [0.25, 0.3) is 0 Å². The molecular weight excluding hydrogens is 700 g/mol. The number of cyclic esters (lactones) is 1. The van der Waals surface area contributed by atoms with Crippen LogP contribution in [0.2, 0.25) is 0 Å². The van der Waals surface area contributed by atoms with Gasteiger partial charge in [-0.1, -0.05) is 0 Å². The molecule has 13 heteroatoms. The van der Waals surface area contributed by atoms with E-state index in [4.69, 9.17) is 56.8 Å². The first-order valence-corrected chi connectivity index (χ1v) is 18.8. The molecule has 7 rings (SSSR count). The number of rotatable bonds is 8. The Morgan fingerprint density at radius 1 is 0.722 bits per heavy atom. The number of fused-ring (bicyclic) bond motifs is 4. The molecule has 13 nitrogen and oxygen atoms in total. The van der Waals surface area contributed by atoms with Gasteiger partial charge in [-0.15, -0.1) is 0 Å². The standard InChI is InChI=1S/C41H56O13/c1-20-45-18-29-34(49-20)35(53-40(5,6)7)36(54-41(8,9)10)38(50-29)51-32-23-16-26-25(47-19-48-26)15-22(23)30(31-24(32)17-46-37(31)42)21-13-27(43-11)33(28(14-21)44-12)52-39(2,3)4/h13-16,20,24,29-32,34-36,38H,17-19H2,1-12H3/t20-,24?,29-,30-,31+,32-,34-,35+,36-,38?/m1/s1. The number of ether oxygens (including phenoxy) is 12. The maximum Gasteiger partial charge on any atom is 0.310 e. The molecule has 0 bridgehead atoms. The maximum absolute atomic E-state index is 14.0. The number of hydrogen-bond donors (Lipinski definition) is 0. The summed E-state index contributed by atoms with van der Waals surface area (Å²) in [4.78, 5) is 14.0. The lowest BCUT2D eigenvalue weighted by Crippen LogP contribution is -2.66. The van der Waals surface area contributed by atoms with Crippen molar-refractivity contribution in [3.8, 4) is 28.7 Å². The van der Waals surface area contributed by atoms with E-state index in [-0.39, 0.29) is 26.0 Å². The fourth-order valence-electron chi connectivity index (χ4n) is 8.17. The molecule has 1 aliphatic carbocycles. The number of carbonyl (C=O) groups excluding carboxylic acids is 1. The van der Waals surface area contributed by atoms with Crippen molar-refractivity contribution in [1.29, 1.82) is 0 Å². The summed E-state index contributed by atoms with van der Waals surface area (Å²) < 4.78 is 75.4. The van der Waals surface area contributed by atoms with Crippen molar-refractivity contribution in [3.63, 3.8) is 0 Å². The lowest BCUT2D eigenvalue weighted by atomic mass is 9.66. The van der Waals surface area contributed by atoms with E-state index in [0.29, 0.717) is 28.7 Å². The van der Waals surface area contributed by atoms with Crippen LogP contribution in [0.4, 0.5) is 0 Å². The molecule has 5 aliphatic rings. The van der Waals surface area contributed by atoms with Crippen molar-refractivity contribution in [3.05, 3.63) is 41.0 Å². The van der Waals surface area contributed by atoms with Crippen LogP contribution in [0.3, 0.4) is 0 Å². The van der Waals surface area contributed by atoms with E-state index >= 15 is 0 Å². The van der Waals surface area contributed by atoms with E-state index in [9.17, 15) is 4.79 Å². The Balaban J connectivity index is 1.35. The van der Waals surface area contributed by atoms with Gasteiger partial charge in [0.2, 0.25) is 12.5 Å². The first-order chi connectivity index (χ1) is 25.3. The third-order valence-corrected chi connectivity index (χ3v) is 10.1. The van der Waals surface area contributed by atoms with Crippen molar-refractivity contribution in [1.82, 2.24) is 0 Å². The molecule has 4 heterocycles. The predicted octanol–water partition coefficient (Wildman–Crippen LogP) is 6.46. The maximum atomic E-state index is 14.0. The molecule has 4 aliphatic heterocycles. The van der Waals surface area contributed by atoms with Crippen molar-refractivity contribution in [2.45, 2.75) is 135 Å². The highest BCUT2D eigenvalue weighted by Crippen LogP contribution is 2.57. The van der Waals surface area contributed by atoms with Gasteiger partial charge in [-0.05, 0) is 110 Å². The summed E-state index contributed by atoms with van der Waals surface area (Å²) in [6.45, 7) is 20.2. The summed E-state index contributed by atoms with van der Waals surface area (Å²) in [6.07, 6.45) is -4.34. The largest absolute Gasteiger partial charge is 0.493 e. The molecule has 0 aromatic heterocycles. The summed E-state index contributed by atoms with van der Waals surface area (Å²) in [5.41, 5.74) is 0.749. The van der Waals surface area contributed by atoms with Crippen LogP contribution in [0.5, 0.6) is 28.7 Å². The van der Waals surface area contributed by atoms with Gasteiger partial charge in [-0.2, -0.15) is 0 Å². The molecule has 2 aromatic carbocycles. The normalized spacial score (nSPS) is 32.0. The molecule has 10 atom stereocenters. The molecule has 54 heavy (non-hydrogen) atoms. The van der Waals surface area contributed by atoms with E-state index in [1.807, 2.05) is 93.5 Å². The third kappa shape index (κ3) is 7.72. The second-order valence-corrected chi connectivity index (χ2v) is 17.6. The molecule has 0 amide bonds. The highest BCUT2D eigenvalue weighted by Gasteiger charge is 2.58. The molecule has 2 aromatic rings. The van der Waals surface area contributed by atoms with Crippen LogP contribution in [0, 0.1) is 11.8 Å². The van der Waals surface area contributed by atoms with Gasteiger partial charge in [-0.3, -0.25) is 4.79 Å². The van der Waals surface area contributed by atoms with E-state index in [0.717, 1.165) is 16.7 Å². The Bertz CT molecular complexity index is 1680. The Kier molecular flexibility index (Phi) is 10.3. The zero-order chi connectivity index (χ0) is 38.9. The van der Waals surface area contributed by atoms with Crippen LogP contribution >= 0.6 is 0 Å². The zero-order valence-electron chi connectivity index (χ0n) is 33.5. The highest BCUT2D eigenvalue weighted by molar-refractivity contribution is 5.79. The molecule has 0 radical (unpaired) electrons. The Hall–Kier alpha value is -3.33. The summed E-state index contributed by atoms with van der Waals surface area (Å²) in [5.74, 6) is 0.694. The summed E-state index contributed by atoms with van der Waals surface area (Å²) in [7, 11) is 3.17. The molecule has 298 valence electrons. The zero-order valence-corrected chi connectivity index (χ0v) is 33.5. The second-order valence-electron chi connectivity index (χ2n) is 17.6. The number of carbonyl (C=O) groups is 1. The molecular formula is C41H56O13. The van der Waals surface area contributed by atoms with Crippen LogP contribution in [0.25, 0.3) is 0 Å². The van der Waals surface area contributed by atoms with Gasteiger partial charge in [0.15, 0.2) is 35.6 Å². The van der Waals surface area contributed by atoms with Gasteiger partial charge in [0.05, 0.1) is 50.7 Å². The quantitative estimate of drug-likeness (QED) is 0.274. The first kappa shape index (κ1) is 38.9. The van der Waals surface area contributed by atoms with Crippen molar-refractivity contribution >= 4 is 5.97 Å². The van der Waals surface area contributed by atoms with E-state index in [1.54, 1.807) is 14.2 Å². The smallest absolute Gasteiger partial charge is 0.310 e. The molecule has 0 N–H and O–H groups in total. The van der Waals surface area contributed by atoms with Crippen molar-refractivity contribution in [2.75, 3.05) is 34.2 Å². The monoisotopic (exact) mass is 756 g/mol. The van der Waals surface area contributed by atoms with E-state index < -0.39 is 77.7 Å². The highest BCUT2D eigenvalue weighted by atomic mass is 16.8. The van der Waals surface area contributed by atoms with Gasteiger partial charge in [0.1, 0.15) is 30.0 Å².